The SMILES string of the molecule is Cc1ccc([N+](=O)[O-])cc1N(C)COC(C)(C)C. The molecule has 18 heavy (non-hydrogen) atoms. The van der Waals surface area contributed by atoms with E-state index < -0.39 is 0 Å². The van der Waals surface area contributed by atoms with Gasteiger partial charge in [-0.25, -0.2) is 0 Å². The average Bonchev–Trinajstić information content (AvgIpc) is 2.25. The third kappa shape index (κ3) is 4.00. The van der Waals surface area contributed by atoms with E-state index in [1.807, 2.05) is 39.6 Å². The Morgan fingerprint density at radius 3 is 2.50 bits per heavy atom. The third-order valence-corrected chi connectivity index (χ3v) is 2.51. The molecule has 0 amide bonds. The smallest absolute Gasteiger partial charge is 0.271 e. The second kappa shape index (κ2) is 5.35. The van der Waals surface area contributed by atoms with E-state index in [-0.39, 0.29) is 16.2 Å². The summed E-state index contributed by atoms with van der Waals surface area (Å²) in [5.74, 6) is 0. The van der Waals surface area contributed by atoms with Crippen LogP contribution in [0.4, 0.5) is 11.4 Å². The highest BCUT2D eigenvalue weighted by atomic mass is 16.6. The van der Waals surface area contributed by atoms with Crippen LogP contribution in [0.25, 0.3) is 0 Å². The summed E-state index contributed by atoms with van der Waals surface area (Å²) in [6, 6.07) is 4.83. The van der Waals surface area contributed by atoms with E-state index in [9.17, 15) is 10.1 Å². The zero-order valence-corrected chi connectivity index (χ0v) is 11.6. The first-order valence-corrected chi connectivity index (χ1v) is 5.81. The topological polar surface area (TPSA) is 55.6 Å². The van der Waals surface area contributed by atoms with Crippen molar-refractivity contribution in [2.75, 3.05) is 18.7 Å². The van der Waals surface area contributed by atoms with Crippen molar-refractivity contribution < 1.29 is 9.66 Å². The van der Waals surface area contributed by atoms with E-state index in [0.29, 0.717) is 6.73 Å². The van der Waals surface area contributed by atoms with Crippen LogP contribution in [-0.4, -0.2) is 24.3 Å². The molecule has 0 aliphatic rings. The van der Waals surface area contributed by atoms with E-state index >= 15 is 0 Å². The fourth-order valence-electron chi connectivity index (χ4n) is 1.48. The fraction of sp³-hybridized carbons (Fsp3) is 0.538. The van der Waals surface area contributed by atoms with Gasteiger partial charge < -0.3 is 9.64 Å². The van der Waals surface area contributed by atoms with Crippen LogP contribution in [-0.2, 0) is 4.74 Å². The summed E-state index contributed by atoms with van der Waals surface area (Å²) in [5, 5.41) is 10.8. The lowest BCUT2D eigenvalue weighted by atomic mass is 10.1. The maximum Gasteiger partial charge on any atom is 0.271 e. The summed E-state index contributed by atoms with van der Waals surface area (Å²) in [6.07, 6.45) is 0. The number of aryl methyl sites for hydroxylation is 1. The van der Waals surface area contributed by atoms with Crippen molar-refractivity contribution >= 4 is 11.4 Å². The van der Waals surface area contributed by atoms with E-state index in [2.05, 4.69) is 0 Å². The molecule has 0 atom stereocenters. The summed E-state index contributed by atoms with van der Waals surface area (Å²) in [7, 11) is 1.86. The molecule has 1 aromatic rings. The standard InChI is InChI=1S/C13H20N2O3/c1-10-6-7-11(15(16)17)8-12(10)14(5)9-18-13(2,3)4/h6-8H,9H2,1-5H3. The Bertz CT molecular complexity index is 438. The summed E-state index contributed by atoms with van der Waals surface area (Å²) in [6.45, 7) is 8.24. The van der Waals surface area contributed by atoms with Crippen LogP contribution >= 0.6 is 0 Å². The number of nitro benzene ring substituents is 1. The van der Waals surface area contributed by atoms with Gasteiger partial charge in [-0.1, -0.05) is 6.07 Å². The zero-order valence-electron chi connectivity index (χ0n) is 11.6. The summed E-state index contributed by atoms with van der Waals surface area (Å²) in [4.78, 5) is 12.2. The van der Waals surface area contributed by atoms with Gasteiger partial charge in [0, 0.05) is 24.9 Å². The lowest BCUT2D eigenvalue weighted by Gasteiger charge is -2.26. The van der Waals surface area contributed by atoms with Crippen LogP contribution in [0.1, 0.15) is 26.3 Å². The quantitative estimate of drug-likeness (QED) is 0.469. The Morgan fingerprint density at radius 1 is 1.39 bits per heavy atom. The minimum atomic E-state index is -0.388. The number of nitro groups is 1. The number of ether oxygens (including phenoxy) is 1. The number of hydrogen-bond acceptors (Lipinski definition) is 4. The van der Waals surface area contributed by atoms with E-state index in [4.69, 9.17) is 4.74 Å². The molecule has 0 aliphatic carbocycles. The summed E-state index contributed by atoms with van der Waals surface area (Å²) in [5.41, 5.74) is 1.66. The number of hydrogen-bond donors (Lipinski definition) is 0. The molecule has 0 radical (unpaired) electrons. The molecule has 1 rings (SSSR count). The maximum absolute atomic E-state index is 10.8. The molecule has 0 bridgehead atoms. The summed E-state index contributed by atoms with van der Waals surface area (Å²) >= 11 is 0. The number of nitrogens with zero attached hydrogens (tertiary/aromatic N) is 2. The van der Waals surface area contributed by atoms with Gasteiger partial charge in [-0.2, -0.15) is 0 Å². The second-order valence-electron chi connectivity index (χ2n) is 5.31. The van der Waals surface area contributed by atoms with Crippen LogP contribution in [0.15, 0.2) is 18.2 Å². The first-order valence-electron chi connectivity index (χ1n) is 5.81. The Kier molecular flexibility index (Phi) is 4.29. The van der Waals surface area contributed by atoms with Gasteiger partial charge in [-0.15, -0.1) is 0 Å². The molecular formula is C13H20N2O3. The predicted molar refractivity (Wildman–Crippen MR) is 71.9 cm³/mol. The normalized spacial score (nSPS) is 11.4. The van der Waals surface area contributed by atoms with Crippen molar-refractivity contribution in [1.82, 2.24) is 0 Å². The van der Waals surface area contributed by atoms with Gasteiger partial charge in [-0.05, 0) is 33.3 Å². The second-order valence-corrected chi connectivity index (χ2v) is 5.31. The van der Waals surface area contributed by atoms with Crippen molar-refractivity contribution in [1.29, 1.82) is 0 Å². The van der Waals surface area contributed by atoms with Crippen LogP contribution in [0, 0.1) is 17.0 Å². The van der Waals surface area contributed by atoms with Crippen LogP contribution in [0.5, 0.6) is 0 Å². The van der Waals surface area contributed by atoms with Gasteiger partial charge in [-0.3, -0.25) is 10.1 Å². The van der Waals surface area contributed by atoms with Crippen LogP contribution in [0.3, 0.4) is 0 Å². The molecule has 0 heterocycles. The lowest BCUT2D eigenvalue weighted by Crippen LogP contribution is -2.29. The Labute approximate surface area is 108 Å². The minimum Gasteiger partial charge on any atom is -0.356 e. The molecule has 5 nitrogen and oxygen atoms in total. The predicted octanol–water partition coefficient (Wildman–Crippen LogP) is 3.11. The molecule has 0 saturated heterocycles. The van der Waals surface area contributed by atoms with Crippen molar-refractivity contribution in [3.63, 3.8) is 0 Å². The molecule has 1 aromatic carbocycles. The zero-order chi connectivity index (χ0) is 13.9. The lowest BCUT2D eigenvalue weighted by molar-refractivity contribution is -0.384. The Balaban J connectivity index is 2.87. The average molecular weight is 252 g/mol. The molecule has 0 unspecified atom stereocenters. The van der Waals surface area contributed by atoms with E-state index in [0.717, 1.165) is 11.3 Å². The van der Waals surface area contributed by atoms with Gasteiger partial charge >= 0.3 is 0 Å². The van der Waals surface area contributed by atoms with Gasteiger partial charge in [0.05, 0.1) is 10.5 Å². The first-order chi connectivity index (χ1) is 8.20. The molecule has 0 spiro atoms. The van der Waals surface area contributed by atoms with Crippen molar-refractivity contribution in [2.45, 2.75) is 33.3 Å². The number of benzene rings is 1. The summed E-state index contributed by atoms with van der Waals surface area (Å²) < 4.78 is 5.66. The molecule has 0 N–H and O–H groups in total. The van der Waals surface area contributed by atoms with E-state index in [1.165, 1.54) is 6.07 Å². The number of non-ortho nitro benzene ring substituents is 1. The molecule has 0 saturated carbocycles. The largest absolute Gasteiger partial charge is 0.356 e. The van der Waals surface area contributed by atoms with Crippen molar-refractivity contribution in [3.05, 3.63) is 33.9 Å². The monoisotopic (exact) mass is 252 g/mol. The highest BCUT2D eigenvalue weighted by Crippen LogP contribution is 2.25. The van der Waals surface area contributed by atoms with Crippen molar-refractivity contribution in [3.8, 4) is 0 Å². The molecule has 0 aliphatic heterocycles. The minimum absolute atomic E-state index is 0.0956. The van der Waals surface area contributed by atoms with Gasteiger partial charge in [0.1, 0.15) is 6.73 Å². The molecule has 100 valence electrons. The number of anilines is 1. The highest BCUT2D eigenvalue weighted by Gasteiger charge is 2.15. The van der Waals surface area contributed by atoms with Gasteiger partial charge in [0.15, 0.2) is 0 Å². The van der Waals surface area contributed by atoms with Gasteiger partial charge in [0.25, 0.3) is 5.69 Å². The third-order valence-electron chi connectivity index (χ3n) is 2.51. The van der Waals surface area contributed by atoms with Crippen LogP contribution in [0.2, 0.25) is 0 Å². The molecule has 5 heteroatoms. The van der Waals surface area contributed by atoms with Crippen LogP contribution < -0.4 is 4.90 Å². The Hall–Kier alpha value is -1.62. The van der Waals surface area contributed by atoms with E-state index in [1.54, 1.807) is 12.1 Å². The maximum atomic E-state index is 10.8. The van der Waals surface area contributed by atoms with Crippen molar-refractivity contribution in [2.24, 2.45) is 0 Å². The molecular weight excluding hydrogens is 232 g/mol. The Morgan fingerprint density at radius 2 is 2.00 bits per heavy atom. The molecule has 0 fully saturated rings. The molecule has 0 aromatic heterocycles. The number of rotatable bonds is 4. The van der Waals surface area contributed by atoms with Gasteiger partial charge in [0.2, 0.25) is 0 Å². The highest BCUT2D eigenvalue weighted by molar-refractivity contribution is 5.58. The fourth-order valence-corrected chi connectivity index (χ4v) is 1.48. The first kappa shape index (κ1) is 14.4.